The number of aliphatic hydroxyl groups excluding tert-OH is 1. The first-order valence-corrected chi connectivity index (χ1v) is 4.57. The van der Waals surface area contributed by atoms with Crippen LogP contribution in [0, 0.1) is 5.92 Å². The molecule has 4 N–H and O–H groups in total. The molecule has 1 rings (SSSR count). The second-order valence-corrected chi connectivity index (χ2v) is 3.50. The highest BCUT2D eigenvalue weighted by Gasteiger charge is 2.30. The molecule has 0 aromatic heterocycles. The Labute approximate surface area is 77.9 Å². The van der Waals surface area contributed by atoms with E-state index in [1.165, 1.54) is 0 Å². The van der Waals surface area contributed by atoms with Gasteiger partial charge < -0.3 is 5.11 Å². The predicted octanol–water partition coefficient (Wildman–Crippen LogP) is -1.32. The third-order valence-electron chi connectivity index (χ3n) is 2.53. The smallest absolute Gasteiger partial charge is 0.248 e. The molecule has 13 heavy (non-hydrogen) atoms. The van der Waals surface area contributed by atoms with Gasteiger partial charge in [0.2, 0.25) is 5.91 Å². The second-order valence-electron chi connectivity index (χ2n) is 3.50. The quantitative estimate of drug-likeness (QED) is 0.291. The summed E-state index contributed by atoms with van der Waals surface area (Å²) in [5, 5.41) is 9.54. The number of amides is 1. The molecular formula is C8H17N3O2. The van der Waals surface area contributed by atoms with Crippen LogP contribution in [0.1, 0.15) is 13.3 Å². The fourth-order valence-corrected chi connectivity index (χ4v) is 1.72. The third-order valence-corrected chi connectivity index (χ3v) is 2.53. The lowest BCUT2D eigenvalue weighted by atomic mass is 10.0. The molecule has 2 unspecified atom stereocenters. The molecule has 0 spiro atoms. The summed E-state index contributed by atoms with van der Waals surface area (Å²) in [5.74, 6) is 5.06. The summed E-state index contributed by atoms with van der Waals surface area (Å²) in [4.78, 5) is 12.8. The molecule has 0 bridgehead atoms. The van der Waals surface area contributed by atoms with Crippen LogP contribution in [-0.4, -0.2) is 41.7 Å². The van der Waals surface area contributed by atoms with Crippen LogP contribution in [0.25, 0.3) is 0 Å². The summed E-state index contributed by atoms with van der Waals surface area (Å²) in [7, 11) is 0. The average molecular weight is 187 g/mol. The van der Waals surface area contributed by atoms with Gasteiger partial charge in [0.1, 0.15) is 0 Å². The molecule has 2 atom stereocenters. The number of nitrogens with zero attached hydrogens (tertiary/aromatic N) is 1. The molecule has 1 heterocycles. The number of nitrogens with one attached hydrogen (secondary N) is 1. The Bertz CT molecular complexity index is 186. The van der Waals surface area contributed by atoms with Crippen molar-refractivity contribution in [3.8, 4) is 0 Å². The summed E-state index contributed by atoms with van der Waals surface area (Å²) in [5.41, 5.74) is 2.08. The molecule has 0 saturated carbocycles. The highest BCUT2D eigenvalue weighted by molar-refractivity contribution is 5.77. The lowest BCUT2D eigenvalue weighted by Gasteiger charge is -2.13. The van der Waals surface area contributed by atoms with Crippen molar-refractivity contribution in [1.82, 2.24) is 10.3 Å². The second kappa shape index (κ2) is 4.55. The molecule has 1 amide bonds. The van der Waals surface area contributed by atoms with Crippen molar-refractivity contribution in [3.05, 3.63) is 0 Å². The fraction of sp³-hybridized carbons (Fsp3) is 0.875. The Morgan fingerprint density at radius 2 is 2.38 bits per heavy atom. The number of hydrazine groups is 1. The van der Waals surface area contributed by atoms with E-state index < -0.39 is 0 Å². The summed E-state index contributed by atoms with van der Waals surface area (Å²) in [6.45, 7) is 3.68. The molecule has 0 aromatic carbocycles. The van der Waals surface area contributed by atoms with E-state index in [9.17, 15) is 9.90 Å². The minimum Gasteiger partial charge on any atom is -0.391 e. The van der Waals surface area contributed by atoms with Gasteiger partial charge in [0.25, 0.3) is 0 Å². The van der Waals surface area contributed by atoms with Gasteiger partial charge in [-0.1, -0.05) is 6.92 Å². The van der Waals surface area contributed by atoms with E-state index in [2.05, 4.69) is 5.43 Å². The first-order valence-electron chi connectivity index (χ1n) is 4.57. The van der Waals surface area contributed by atoms with Crippen LogP contribution >= 0.6 is 0 Å². The van der Waals surface area contributed by atoms with Crippen LogP contribution in [0.2, 0.25) is 0 Å². The highest BCUT2D eigenvalue weighted by Crippen LogP contribution is 2.19. The number of nitrogens with two attached hydrogens (primary N) is 1. The maximum absolute atomic E-state index is 10.9. The van der Waals surface area contributed by atoms with Crippen molar-refractivity contribution in [2.45, 2.75) is 19.4 Å². The number of carbonyl (C=O) groups excluding carboxylic acids is 1. The Kier molecular flexibility index (Phi) is 3.65. The number of hydrogen-bond donors (Lipinski definition) is 3. The molecule has 5 nitrogen and oxygen atoms in total. The monoisotopic (exact) mass is 187 g/mol. The normalized spacial score (nSPS) is 29.2. The molecule has 1 aliphatic heterocycles. The van der Waals surface area contributed by atoms with E-state index in [1.807, 2.05) is 11.8 Å². The molecule has 0 radical (unpaired) electrons. The maximum Gasteiger partial charge on any atom is 0.248 e. The summed E-state index contributed by atoms with van der Waals surface area (Å²) in [6, 6.07) is 0. The largest absolute Gasteiger partial charge is 0.391 e. The molecule has 0 aromatic rings. The molecule has 5 heteroatoms. The highest BCUT2D eigenvalue weighted by atomic mass is 16.3. The van der Waals surface area contributed by atoms with Crippen LogP contribution in [0.4, 0.5) is 0 Å². The van der Waals surface area contributed by atoms with Gasteiger partial charge in [0.05, 0.1) is 12.6 Å². The van der Waals surface area contributed by atoms with Crippen molar-refractivity contribution in [2.75, 3.05) is 19.6 Å². The van der Waals surface area contributed by atoms with Gasteiger partial charge in [0.15, 0.2) is 0 Å². The van der Waals surface area contributed by atoms with Crippen molar-refractivity contribution < 1.29 is 9.90 Å². The van der Waals surface area contributed by atoms with Gasteiger partial charge in [-0.2, -0.15) is 0 Å². The van der Waals surface area contributed by atoms with Crippen LogP contribution in [0.5, 0.6) is 0 Å². The zero-order valence-corrected chi connectivity index (χ0v) is 7.86. The Morgan fingerprint density at radius 1 is 1.69 bits per heavy atom. The topological polar surface area (TPSA) is 78.6 Å². The number of β-amino-alcohol motifs (C(OH)–C–C–N with tert-alkyl or cyclic N) is 1. The SMILES string of the molecule is CCC1CN(CC(=O)NN)CC1O. The molecule has 0 aliphatic carbocycles. The van der Waals surface area contributed by atoms with Crippen molar-refractivity contribution in [1.29, 1.82) is 0 Å². The zero-order valence-electron chi connectivity index (χ0n) is 7.86. The Morgan fingerprint density at radius 3 is 2.85 bits per heavy atom. The summed E-state index contributed by atoms with van der Waals surface area (Å²) < 4.78 is 0. The van der Waals surface area contributed by atoms with Gasteiger partial charge in [-0.25, -0.2) is 5.84 Å². The number of hydrogen-bond acceptors (Lipinski definition) is 4. The predicted molar refractivity (Wildman–Crippen MR) is 48.6 cm³/mol. The van der Waals surface area contributed by atoms with Crippen molar-refractivity contribution in [3.63, 3.8) is 0 Å². The van der Waals surface area contributed by atoms with E-state index in [0.29, 0.717) is 12.5 Å². The van der Waals surface area contributed by atoms with Crippen molar-refractivity contribution in [2.24, 2.45) is 11.8 Å². The maximum atomic E-state index is 10.9. The molecule has 76 valence electrons. The Hall–Kier alpha value is -0.650. The number of likely N-dealkylation sites (tertiary alicyclic amines) is 1. The van der Waals surface area contributed by atoms with E-state index in [4.69, 9.17) is 5.84 Å². The van der Waals surface area contributed by atoms with Crippen LogP contribution in [0.3, 0.4) is 0 Å². The van der Waals surface area contributed by atoms with E-state index in [-0.39, 0.29) is 18.6 Å². The van der Waals surface area contributed by atoms with E-state index >= 15 is 0 Å². The minimum absolute atomic E-state index is 0.205. The van der Waals surface area contributed by atoms with E-state index in [0.717, 1.165) is 13.0 Å². The van der Waals surface area contributed by atoms with Gasteiger partial charge in [-0.15, -0.1) is 0 Å². The van der Waals surface area contributed by atoms with E-state index in [1.54, 1.807) is 0 Å². The fourth-order valence-electron chi connectivity index (χ4n) is 1.72. The van der Waals surface area contributed by atoms with Crippen LogP contribution < -0.4 is 11.3 Å². The first kappa shape index (κ1) is 10.4. The summed E-state index contributed by atoms with van der Waals surface area (Å²) >= 11 is 0. The summed E-state index contributed by atoms with van der Waals surface area (Å²) in [6.07, 6.45) is 0.651. The lowest BCUT2D eigenvalue weighted by Crippen LogP contribution is -2.39. The number of carbonyl (C=O) groups is 1. The molecular weight excluding hydrogens is 170 g/mol. The standard InChI is InChI=1S/C8H17N3O2/c1-2-6-3-11(4-7(6)12)5-8(13)10-9/h6-7,12H,2-5,9H2,1H3,(H,10,13). The number of rotatable bonds is 3. The molecule has 1 aliphatic rings. The average Bonchev–Trinajstić information content (AvgIpc) is 2.46. The third kappa shape index (κ3) is 2.65. The van der Waals surface area contributed by atoms with Gasteiger partial charge in [-0.05, 0) is 12.3 Å². The lowest BCUT2D eigenvalue weighted by molar-refractivity contribution is -0.122. The van der Waals surface area contributed by atoms with Gasteiger partial charge in [0, 0.05) is 13.1 Å². The first-order chi connectivity index (χ1) is 6.17. The van der Waals surface area contributed by atoms with Gasteiger partial charge >= 0.3 is 0 Å². The van der Waals surface area contributed by atoms with Gasteiger partial charge in [-0.3, -0.25) is 15.1 Å². The van der Waals surface area contributed by atoms with Crippen LogP contribution in [0.15, 0.2) is 0 Å². The minimum atomic E-state index is -0.296. The number of aliphatic hydroxyl groups is 1. The zero-order chi connectivity index (χ0) is 9.84. The molecule has 1 fully saturated rings. The van der Waals surface area contributed by atoms with Crippen molar-refractivity contribution >= 4 is 5.91 Å². The Balaban J connectivity index is 2.35. The van der Waals surface area contributed by atoms with Crippen LogP contribution in [-0.2, 0) is 4.79 Å². The molecule has 1 saturated heterocycles.